The van der Waals surface area contributed by atoms with E-state index in [0.717, 1.165) is 16.6 Å². The van der Waals surface area contributed by atoms with Crippen LogP contribution in [0.25, 0.3) is 10.9 Å². The van der Waals surface area contributed by atoms with Crippen LogP contribution in [0, 0.1) is 5.82 Å². The molecule has 3 N–H and O–H groups in total. The summed E-state index contributed by atoms with van der Waals surface area (Å²) in [5.41, 5.74) is 8.56. The Kier molecular flexibility index (Phi) is 3.16. The molecule has 20 heavy (non-hydrogen) atoms. The van der Waals surface area contributed by atoms with E-state index in [-0.39, 0.29) is 5.82 Å². The molecule has 5 heteroatoms. The SMILES string of the molecule is Nc1ccc2c(Nc3cc(F)cc(Cl)c3)ccnc2c1. The van der Waals surface area contributed by atoms with E-state index < -0.39 is 0 Å². The molecule has 0 radical (unpaired) electrons. The number of halogens is 2. The lowest BCUT2D eigenvalue weighted by Crippen LogP contribution is -1.94. The van der Waals surface area contributed by atoms with Crippen LogP contribution in [0.4, 0.5) is 21.5 Å². The number of anilines is 3. The number of benzene rings is 2. The monoisotopic (exact) mass is 287 g/mol. The average molecular weight is 288 g/mol. The molecule has 0 aliphatic carbocycles. The zero-order valence-corrected chi connectivity index (χ0v) is 11.2. The largest absolute Gasteiger partial charge is 0.399 e. The van der Waals surface area contributed by atoms with Gasteiger partial charge in [-0.15, -0.1) is 0 Å². The van der Waals surface area contributed by atoms with Gasteiger partial charge in [-0.1, -0.05) is 11.6 Å². The molecule has 0 atom stereocenters. The molecule has 0 saturated carbocycles. The minimum Gasteiger partial charge on any atom is -0.399 e. The van der Waals surface area contributed by atoms with Crippen LogP contribution >= 0.6 is 11.6 Å². The summed E-state index contributed by atoms with van der Waals surface area (Å²) < 4.78 is 13.3. The van der Waals surface area contributed by atoms with Crippen molar-refractivity contribution in [3.05, 3.63) is 59.5 Å². The van der Waals surface area contributed by atoms with Crippen molar-refractivity contribution < 1.29 is 4.39 Å². The topological polar surface area (TPSA) is 50.9 Å². The molecule has 0 unspecified atom stereocenters. The van der Waals surface area contributed by atoms with E-state index in [2.05, 4.69) is 10.3 Å². The van der Waals surface area contributed by atoms with Gasteiger partial charge in [0.2, 0.25) is 0 Å². The van der Waals surface area contributed by atoms with Crippen LogP contribution in [0.3, 0.4) is 0 Å². The van der Waals surface area contributed by atoms with Gasteiger partial charge in [-0.3, -0.25) is 4.98 Å². The second-order valence-corrected chi connectivity index (χ2v) is 4.85. The average Bonchev–Trinajstić information content (AvgIpc) is 2.37. The Morgan fingerprint density at radius 2 is 1.95 bits per heavy atom. The molecule has 2 aromatic carbocycles. The summed E-state index contributed by atoms with van der Waals surface area (Å²) in [4.78, 5) is 4.26. The number of pyridine rings is 1. The molecule has 1 aromatic heterocycles. The summed E-state index contributed by atoms with van der Waals surface area (Å²) >= 11 is 5.85. The van der Waals surface area contributed by atoms with Crippen LogP contribution in [0.15, 0.2) is 48.7 Å². The second-order valence-electron chi connectivity index (χ2n) is 4.42. The standard InChI is InChI=1S/C15H11ClFN3/c16-9-5-10(17)7-12(6-9)20-14-3-4-19-15-8-11(18)1-2-13(14)15/h1-8H,18H2,(H,19,20). The van der Waals surface area contributed by atoms with E-state index in [9.17, 15) is 4.39 Å². The number of hydrogen-bond acceptors (Lipinski definition) is 3. The van der Waals surface area contributed by atoms with Crippen LogP contribution in [-0.4, -0.2) is 4.98 Å². The summed E-state index contributed by atoms with van der Waals surface area (Å²) in [7, 11) is 0. The maximum atomic E-state index is 13.3. The van der Waals surface area contributed by atoms with Crippen molar-refractivity contribution in [1.29, 1.82) is 0 Å². The molecule has 0 saturated heterocycles. The highest BCUT2D eigenvalue weighted by molar-refractivity contribution is 6.30. The Morgan fingerprint density at radius 3 is 2.75 bits per heavy atom. The van der Waals surface area contributed by atoms with E-state index >= 15 is 0 Å². The Balaban J connectivity index is 2.06. The molecule has 100 valence electrons. The van der Waals surface area contributed by atoms with Crippen molar-refractivity contribution in [2.24, 2.45) is 0 Å². The summed E-state index contributed by atoms with van der Waals surface area (Å²) in [5.74, 6) is -0.386. The van der Waals surface area contributed by atoms with Gasteiger partial charge in [0.05, 0.1) is 5.52 Å². The van der Waals surface area contributed by atoms with Gasteiger partial charge in [0, 0.05) is 33.7 Å². The molecular weight excluding hydrogens is 277 g/mol. The van der Waals surface area contributed by atoms with Gasteiger partial charge >= 0.3 is 0 Å². The van der Waals surface area contributed by atoms with E-state index in [1.807, 2.05) is 12.1 Å². The lowest BCUT2D eigenvalue weighted by atomic mass is 10.1. The first-order chi connectivity index (χ1) is 9.61. The first kappa shape index (κ1) is 12.7. The smallest absolute Gasteiger partial charge is 0.126 e. The minimum absolute atomic E-state index is 0.343. The van der Waals surface area contributed by atoms with Crippen molar-refractivity contribution in [3.8, 4) is 0 Å². The number of hydrogen-bond donors (Lipinski definition) is 2. The van der Waals surface area contributed by atoms with Crippen LogP contribution in [0.1, 0.15) is 0 Å². The van der Waals surface area contributed by atoms with Crippen LogP contribution in [0.2, 0.25) is 5.02 Å². The van der Waals surface area contributed by atoms with Crippen molar-refractivity contribution in [1.82, 2.24) is 4.98 Å². The van der Waals surface area contributed by atoms with Gasteiger partial charge in [-0.05, 0) is 42.5 Å². The maximum Gasteiger partial charge on any atom is 0.126 e. The third kappa shape index (κ3) is 2.51. The van der Waals surface area contributed by atoms with Gasteiger partial charge < -0.3 is 11.1 Å². The van der Waals surface area contributed by atoms with E-state index in [4.69, 9.17) is 17.3 Å². The highest BCUT2D eigenvalue weighted by Gasteiger charge is 2.04. The van der Waals surface area contributed by atoms with Crippen molar-refractivity contribution in [2.75, 3.05) is 11.1 Å². The number of nitrogens with two attached hydrogens (primary N) is 1. The van der Waals surface area contributed by atoms with Crippen LogP contribution < -0.4 is 11.1 Å². The van der Waals surface area contributed by atoms with Gasteiger partial charge in [-0.2, -0.15) is 0 Å². The summed E-state index contributed by atoms with van der Waals surface area (Å²) in [6.45, 7) is 0. The fourth-order valence-corrected chi connectivity index (χ4v) is 2.28. The molecule has 3 rings (SSSR count). The van der Waals surface area contributed by atoms with Crippen molar-refractivity contribution >= 4 is 39.6 Å². The Bertz CT molecular complexity index is 769. The fourth-order valence-electron chi connectivity index (χ4n) is 2.06. The van der Waals surface area contributed by atoms with E-state index in [0.29, 0.717) is 16.4 Å². The van der Waals surface area contributed by atoms with Gasteiger partial charge in [-0.25, -0.2) is 4.39 Å². The zero-order chi connectivity index (χ0) is 14.1. The third-order valence-electron chi connectivity index (χ3n) is 2.91. The molecule has 0 bridgehead atoms. The predicted octanol–water partition coefficient (Wildman–Crippen LogP) is 4.35. The maximum absolute atomic E-state index is 13.3. The van der Waals surface area contributed by atoms with Crippen LogP contribution in [0.5, 0.6) is 0 Å². The quantitative estimate of drug-likeness (QED) is 0.689. The highest BCUT2D eigenvalue weighted by atomic mass is 35.5. The number of fused-ring (bicyclic) bond motifs is 1. The molecule has 0 aliphatic rings. The lowest BCUT2D eigenvalue weighted by Gasteiger charge is -2.10. The van der Waals surface area contributed by atoms with Crippen LogP contribution in [-0.2, 0) is 0 Å². The zero-order valence-electron chi connectivity index (χ0n) is 10.4. The molecule has 0 fully saturated rings. The van der Waals surface area contributed by atoms with E-state index in [1.54, 1.807) is 24.4 Å². The fraction of sp³-hybridized carbons (Fsp3) is 0. The molecule has 3 aromatic rings. The molecule has 3 nitrogen and oxygen atoms in total. The molecule has 0 amide bonds. The summed E-state index contributed by atoms with van der Waals surface area (Å²) in [5, 5.41) is 4.39. The molecule has 0 spiro atoms. The first-order valence-electron chi connectivity index (χ1n) is 5.99. The summed E-state index contributed by atoms with van der Waals surface area (Å²) in [6.07, 6.45) is 1.67. The molecular formula is C15H11ClFN3. The number of rotatable bonds is 2. The van der Waals surface area contributed by atoms with Crippen molar-refractivity contribution in [2.45, 2.75) is 0 Å². The third-order valence-corrected chi connectivity index (χ3v) is 3.13. The number of nitrogen functional groups attached to an aromatic ring is 1. The Morgan fingerprint density at radius 1 is 1.10 bits per heavy atom. The lowest BCUT2D eigenvalue weighted by molar-refractivity contribution is 0.628. The molecule has 1 heterocycles. The second kappa shape index (κ2) is 4.98. The number of nitrogens with zero attached hydrogens (tertiary/aromatic N) is 1. The first-order valence-corrected chi connectivity index (χ1v) is 6.37. The van der Waals surface area contributed by atoms with Gasteiger partial charge in [0.1, 0.15) is 5.82 Å². The Hall–Kier alpha value is -2.33. The summed E-state index contributed by atoms with van der Waals surface area (Å²) in [6, 6.07) is 11.6. The van der Waals surface area contributed by atoms with E-state index in [1.165, 1.54) is 12.1 Å². The Labute approximate surface area is 120 Å². The number of aromatic nitrogens is 1. The molecule has 0 aliphatic heterocycles. The number of nitrogens with one attached hydrogen (secondary N) is 1. The van der Waals surface area contributed by atoms with Crippen molar-refractivity contribution in [3.63, 3.8) is 0 Å². The predicted molar refractivity (Wildman–Crippen MR) is 80.8 cm³/mol. The minimum atomic E-state index is -0.386. The highest BCUT2D eigenvalue weighted by Crippen LogP contribution is 2.28. The van der Waals surface area contributed by atoms with Gasteiger partial charge in [0.15, 0.2) is 0 Å². The normalized spacial score (nSPS) is 10.7. The van der Waals surface area contributed by atoms with Gasteiger partial charge in [0.25, 0.3) is 0 Å².